The van der Waals surface area contributed by atoms with E-state index < -0.39 is 0 Å². The SMILES string of the molecule is CSc1ccc(N(c2ccc(Br)cc2)c2ccc(SC)cc2)cc1. The minimum absolute atomic E-state index is 1.08. The zero-order valence-electron chi connectivity index (χ0n) is 13.6. The van der Waals surface area contributed by atoms with Crippen LogP contribution >= 0.6 is 39.5 Å². The van der Waals surface area contributed by atoms with E-state index in [-0.39, 0.29) is 0 Å². The lowest BCUT2D eigenvalue weighted by molar-refractivity contribution is 1.26. The maximum atomic E-state index is 3.52. The fourth-order valence-electron chi connectivity index (χ4n) is 2.50. The Balaban J connectivity index is 2.06. The molecule has 0 saturated carbocycles. The Morgan fingerprint density at radius 3 is 1.25 bits per heavy atom. The molecule has 0 aliphatic rings. The Bertz CT molecular complexity index is 736. The number of rotatable bonds is 5. The first-order valence-electron chi connectivity index (χ1n) is 7.55. The molecule has 0 saturated heterocycles. The molecule has 0 spiro atoms. The number of hydrogen-bond donors (Lipinski definition) is 0. The Kier molecular flexibility index (Phi) is 5.93. The van der Waals surface area contributed by atoms with Crippen molar-refractivity contribution in [3.05, 3.63) is 77.3 Å². The van der Waals surface area contributed by atoms with E-state index in [1.54, 1.807) is 23.5 Å². The van der Waals surface area contributed by atoms with Crippen molar-refractivity contribution in [1.82, 2.24) is 0 Å². The first kappa shape index (κ1) is 17.5. The van der Waals surface area contributed by atoms with E-state index in [0.717, 1.165) is 21.5 Å². The normalized spacial score (nSPS) is 10.6. The predicted molar refractivity (Wildman–Crippen MR) is 112 cm³/mol. The zero-order valence-corrected chi connectivity index (χ0v) is 16.8. The third kappa shape index (κ3) is 4.00. The van der Waals surface area contributed by atoms with Crippen LogP contribution in [0.4, 0.5) is 17.1 Å². The van der Waals surface area contributed by atoms with Crippen LogP contribution in [0, 0.1) is 0 Å². The van der Waals surface area contributed by atoms with E-state index in [9.17, 15) is 0 Å². The van der Waals surface area contributed by atoms with Crippen LogP contribution in [0.3, 0.4) is 0 Å². The molecule has 4 heteroatoms. The maximum Gasteiger partial charge on any atom is 0.0462 e. The fraction of sp³-hybridized carbons (Fsp3) is 0.100. The van der Waals surface area contributed by atoms with Gasteiger partial charge in [-0.25, -0.2) is 0 Å². The van der Waals surface area contributed by atoms with Crippen molar-refractivity contribution < 1.29 is 0 Å². The average molecular weight is 416 g/mol. The number of hydrogen-bond acceptors (Lipinski definition) is 3. The van der Waals surface area contributed by atoms with Crippen LogP contribution in [0.5, 0.6) is 0 Å². The van der Waals surface area contributed by atoms with Gasteiger partial charge in [0.25, 0.3) is 0 Å². The molecule has 0 fully saturated rings. The molecule has 122 valence electrons. The second-order valence-corrected chi connectivity index (χ2v) is 7.88. The van der Waals surface area contributed by atoms with Gasteiger partial charge in [-0.05, 0) is 85.3 Å². The maximum absolute atomic E-state index is 3.52. The molecule has 24 heavy (non-hydrogen) atoms. The van der Waals surface area contributed by atoms with Crippen molar-refractivity contribution in [2.75, 3.05) is 17.4 Å². The van der Waals surface area contributed by atoms with Crippen LogP contribution in [0.15, 0.2) is 87.1 Å². The topological polar surface area (TPSA) is 3.24 Å². The summed E-state index contributed by atoms with van der Waals surface area (Å²) < 4.78 is 1.08. The van der Waals surface area contributed by atoms with Crippen molar-refractivity contribution in [1.29, 1.82) is 0 Å². The molecule has 0 atom stereocenters. The average Bonchev–Trinajstić information content (AvgIpc) is 2.64. The molecule has 0 unspecified atom stereocenters. The summed E-state index contributed by atoms with van der Waals surface area (Å²) in [4.78, 5) is 4.82. The number of benzene rings is 3. The third-order valence-corrected chi connectivity index (χ3v) is 5.76. The summed E-state index contributed by atoms with van der Waals surface area (Å²) in [6.07, 6.45) is 4.20. The predicted octanol–water partition coefficient (Wildman–Crippen LogP) is 7.36. The molecule has 3 aromatic carbocycles. The molecule has 0 bridgehead atoms. The summed E-state index contributed by atoms with van der Waals surface area (Å²) in [7, 11) is 0. The van der Waals surface area contributed by atoms with Crippen LogP contribution in [0.2, 0.25) is 0 Å². The van der Waals surface area contributed by atoms with E-state index in [4.69, 9.17) is 0 Å². The van der Waals surface area contributed by atoms with Crippen LogP contribution < -0.4 is 4.90 Å². The highest BCUT2D eigenvalue weighted by Gasteiger charge is 2.12. The smallest absolute Gasteiger partial charge is 0.0462 e. The standard InChI is InChI=1S/C20H18BrNS2/c1-23-19-11-7-17(8-12-19)22(16-5-3-15(21)4-6-16)18-9-13-20(24-2)14-10-18/h3-14H,1-2H3. The van der Waals surface area contributed by atoms with Crippen molar-refractivity contribution in [3.8, 4) is 0 Å². The first-order valence-corrected chi connectivity index (χ1v) is 10.8. The Morgan fingerprint density at radius 1 is 0.583 bits per heavy atom. The van der Waals surface area contributed by atoms with Gasteiger partial charge in [0.2, 0.25) is 0 Å². The Hall–Kier alpha value is -1.36. The van der Waals surface area contributed by atoms with Gasteiger partial charge in [0.15, 0.2) is 0 Å². The lowest BCUT2D eigenvalue weighted by atomic mass is 10.2. The van der Waals surface area contributed by atoms with Gasteiger partial charge >= 0.3 is 0 Å². The summed E-state index contributed by atoms with van der Waals surface area (Å²) in [6, 6.07) is 25.8. The number of nitrogens with zero attached hydrogens (tertiary/aromatic N) is 1. The summed E-state index contributed by atoms with van der Waals surface area (Å²) >= 11 is 7.04. The van der Waals surface area contributed by atoms with E-state index in [1.165, 1.54) is 9.79 Å². The summed E-state index contributed by atoms with van der Waals surface area (Å²) in [5, 5.41) is 0. The largest absolute Gasteiger partial charge is 0.311 e. The lowest BCUT2D eigenvalue weighted by Crippen LogP contribution is -2.09. The van der Waals surface area contributed by atoms with Crippen molar-refractivity contribution in [3.63, 3.8) is 0 Å². The zero-order chi connectivity index (χ0) is 16.9. The van der Waals surface area contributed by atoms with Crippen LogP contribution in [0.25, 0.3) is 0 Å². The number of halogens is 1. The molecular weight excluding hydrogens is 398 g/mol. The summed E-state index contributed by atoms with van der Waals surface area (Å²) in [5.41, 5.74) is 3.46. The molecule has 0 radical (unpaired) electrons. The molecule has 1 nitrogen and oxygen atoms in total. The van der Waals surface area contributed by atoms with Gasteiger partial charge in [0.05, 0.1) is 0 Å². The van der Waals surface area contributed by atoms with E-state index in [2.05, 4.69) is 106 Å². The quantitative estimate of drug-likeness (QED) is 0.400. The monoisotopic (exact) mass is 415 g/mol. The molecule has 0 heterocycles. The minimum Gasteiger partial charge on any atom is -0.311 e. The highest BCUT2D eigenvalue weighted by atomic mass is 79.9. The van der Waals surface area contributed by atoms with E-state index >= 15 is 0 Å². The van der Waals surface area contributed by atoms with Crippen LogP contribution in [0.1, 0.15) is 0 Å². The molecule has 0 N–H and O–H groups in total. The number of thioether (sulfide) groups is 2. The highest BCUT2D eigenvalue weighted by Crippen LogP contribution is 2.36. The molecule has 0 aromatic heterocycles. The van der Waals surface area contributed by atoms with E-state index in [1.807, 2.05) is 0 Å². The third-order valence-electron chi connectivity index (χ3n) is 3.75. The second-order valence-electron chi connectivity index (χ2n) is 5.21. The number of anilines is 3. The lowest BCUT2D eigenvalue weighted by Gasteiger charge is -2.25. The molecule has 0 amide bonds. The first-order chi connectivity index (χ1) is 11.7. The van der Waals surface area contributed by atoms with E-state index in [0.29, 0.717) is 0 Å². The fourth-order valence-corrected chi connectivity index (χ4v) is 3.58. The minimum atomic E-state index is 1.08. The second kappa shape index (κ2) is 8.15. The summed E-state index contributed by atoms with van der Waals surface area (Å²) in [6.45, 7) is 0. The van der Waals surface area contributed by atoms with Crippen LogP contribution in [-0.4, -0.2) is 12.5 Å². The van der Waals surface area contributed by atoms with Gasteiger partial charge in [0, 0.05) is 31.3 Å². The Labute approximate surface area is 160 Å². The van der Waals surface area contributed by atoms with Gasteiger partial charge in [-0.15, -0.1) is 23.5 Å². The van der Waals surface area contributed by atoms with Gasteiger partial charge in [-0.3, -0.25) is 0 Å². The van der Waals surface area contributed by atoms with Gasteiger partial charge in [-0.1, -0.05) is 15.9 Å². The van der Waals surface area contributed by atoms with Crippen LogP contribution in [-0.2, 0) is 0 Å². The molecule has 3 rings (SSSR count). The van der Waals surface area contributed by atoms with Crippen molar-refractivity contribution in [2.24, 2.45) is 0 Å². The molecular formula is C20H18BrNS2. The van der Waals surface area contributed by atoms with Crippen molar-refractivity contribution >= 4 is 56.5 Å². The Morgan fingerprint density at radius 2 is 0.917 bits per heavy atom. The van der Waals surface area contributed by atoms with Gasteiger partial charge < -0.3 is 4.90 Å². The molecule has 3 aromatic rings. The van der Waals surface area contributed by atoms with Crippen molar-refractivity contribution in [2.45, 2.75) is 9.79 Å². The van der Waals surface area contributed by atoms with Gasteiger partial charge in [-0.2, -0.15) is 0 Å². The molecule has 0 aliphatic heterocycles. The highest BCUT2D eigenvalue weighted by molar-refractivity contribution is 9.10. The van der Waals surface area contributed by atoms with Gasteiger partial charge in [0.1, 0.15) is 0 Å². The molecule has 0 aliphatic carbocycles. The summed E-state index contributed by atoms with van der Waals surface area (Å²) in [5.74, 6) is 0.